The minimum atomic E-state index is 0.387. The molecule has 1 atom stereocenters. The van der Waals surface area contributed by atoms with E-state index in [-0.39, 0.29) is 0 Å². The molecule has 1 unspecified atom stereocenters. The number of nitrogens with zero attached hydrogens (tertiary/aromatic N) is 3. The van der Waals surface area contributed by atoms with Crippen molar-refractivity contribution in [2.45, 2.75) is 26.2 Å². The van der Waals surface area contributed by atoms with Gasteiger partial charge >= 0.3 is 0 Å². The van der Waals surface area contributed by atoms with Crippen molar-refractivity contribution in [3.63, 3.8) is 0 Å². The first-order valence-electron chi connectivity index (χ1n) is 5.18. The maximum atomic E-state index is 11.5. The second kappa shape index (κ2) is 3.53. The summed E-state index contributed by atoms with van der Waals surface area (Å²) >= 11 is 0. The molecule has 4 nitrogen and oxygen atoms in total. The van der Waals surface area contributed by atoms with E-state index in [9.17, 15) is 5.21 Å². The van der Waals surface area contributed by atoms with Crippen LogP contribution in [0.3, 0.4) is 0 Å². The van der Waals surface area contributed by atoms with Crippen LogP contribution in [0.2, 0.25) is 0 Å². The smallest absolute Gasteiger partial charge is 0.206 e. The SMILES string of the molecule is CCC(C)c1c[n+]([O-])cc2c1cnn2C. The molecule has 2 rings (SSSR count). The van der Waals surface area contributed by atoms with Crippen LogP contribution in [0.1, 0.15) is 31.7 Å². The Morgan fingerprint density at radius 1 is 1.53 bits per heavy atom. The Labute approximate surface area is 88.7 Å². The van der Waals surface area contributed by atoms with Gasteiger partial charge in [0.15, 0.2) is 6.20 Å². The van der Waals surface area contributed by atoms with Crippen LogP contribution >= 0.6 is 0 Å². The summed E-state index contributed by atoms with van der Waals surface area (Å²) in [6, 6.07) is 0. The Morgan fingerprint density at radius 2 is 2.27 bits per heavy atom. The van der Waals surface area contributed by atoms with E-state index in [4.69, 9.17) is 0 Å². The second-order valence-electron chi connectivity index (χ2n) is 3.95. The molecule has 2 heterocycles. The molecular weight excluding hydrogens is 190 g/mol. The first kappa shape index (κ1) is 9.96. The highest BCUT2D eigenvalue weighted by molar-refractivity contribution is 5.80. The highest BCUT2D eigenvalue weighted by Crippen LogP contribution is 2.25. The molecule has 0 aliphatic heterocycles. The fraction of sp³-hybridized carbons (Fsp3) is 0.455. The molecule has 2 aromatic rings. The van der Waals surface area contributed by atoms with E-state index in [1.807, 2.05) is 13.2 Å². The lowest BCUT2D eigenvalue weighted by atomic mass is 9.98. The molecule has 15 heavy (non-hydrogen) atoms. The van der Waals surface area contributed by atoms with Crippen LogP contribution in [0.25, 0.3) is 10.9 Å². The molecule has 0 aromatic carbocycles. The summed E-state index contributed by atoms with van der Waals surface area (Å²) in [5.41, 5.74) is 1.97. The van der Waals surface area contributed by atoms with Gasteiger partial charge in [-0.15, -0.1) is 0 Å². The predicted molar refractivity (Wildman–Crippen MR) is 58.4 cm³/mol. The second-order valence-corrected chi connectivity index (χ2v) is 3.95. The third-order valence-corrected chi connectivity index (χ3v) is 2.95. The molecule has 0 saturated carbocycles. The molecule has 0 radical (unpaired) electrons. The molecule has 4 heteroatoms. The molecule has 2 aromatic heterocycles. The van der Waals surface area contributed by atoms with Gasteiger partial charge in [-0.05, 0) is 12.3 Å². The standard InChI is InChI=1S/C11H15N3O/c1-4-8(2)10-6-14(15)7-11-9(10)5-12-13(11)3/h5-8H,4H2,1-3H3. The molecule has 0 N–H and O–H groups in total. The van der Waals surface area contributed by atoms with Gasteiger partial charge in [-0.3, -0.25) is 4.68 Å². The van der Waals surface area contributed by atoms with Gasteiger partial charge in [-0.1, -0.05) is 13.8 Å². The predicted octanol–water partition coefficient (Wildman–Crippen LogP) is 1.72. The molecule has 0 saturated heterocycles. The quantitative estimate of drug-likeness (QED) is 0.553. The number of rotatable bonds is 2. The van der Waals surface area contributed by atoms with Gasteiger partial charge in [0.1, 0.15) is 5.52 Å². The van der Waals surface area contributed by atoms with E-state index in [1.165, 1.54) is 0 Å². The van der Waals surface area contributed by atoms with E-state index in [1.54, 1.807) is 17.1 Å². The summed E-state index contributed by atoms with van der Waals surface area (Å²) in [5, 5.41) is 16.7. The summed E-state index contributed by atoms with van der Waals surface area (Å²) in [6.07, 6.45) is 6.07. The number of aromatic nitrogens is 3. The molecule has 0 spiro atoms. The Bertz CT molecular complexity index is 490. The lowest BCUT2D eigenvalue weighted by Gasteiger charge is -2.09. The molecule has 0 amide bonds. The molecule has 80 valence electrons. The Morgan fingerprint density at radius 3 is 2.93 bits per heavy atom. The topological polar surface area (TPSA) is 44.8 Å². The van der Waals surface area contributed by atoms with Gasteiger partial charge in [-0.2, -0.15) is 9.83 Å². The average Bonchev–Trinajstić information content (AvgIpc) is 2.58. The number of pyridine rings is 1. The molecule has 0 bridgehead atoms. The van der Waals surface area contributed by atoms with E-state index in [0.29, 0.717) is 5.92 Å². The van der Waals surface area contributed by atoms with Gasteiger partial charge in [-0.25, -0.2) is 0 Å². The van der Waals surface area contributed by atoms with Crippen molar-refractivity contribution in [2.75, 3.05) is 0 Å². The summed E-state index contributed by atoms with van der Waals surface area (Å²) in [6.45, 7) is 4.25. The molecule has 0 aliphatic carbocycles. The zero-order chi connectivity index (χ0) is 11.0. The largest absolute Gasteiger partial charge is 0.619 e. The van der Waals surface area contributed by atoms with Gasteiger partial charge in [0, 0.05) is 18.0 Å². The third kappa shape index (κ3) is 1.56. The number of fused-ring (bicyclic) bond motifs is 1. The van der Waals surface area contributed by atoms with Crippen LogP contribution in [-0.4, -0.2) is 9.78 Å². The molecule has 0 aliphatic rings. The van der Waals surface area contributed by atoms with Crippen molar-refractivity contribution in [1.82, 2.24) is 9.78 Å². The molecular formula is C11H15N3O. The fourth-order valence-electron chi connectivity index (χ4n) is 1.80. The monoisotopic (exact) mass is 205 g/mol. The first-order valence-corrected chi connectivity index (χ1v) is 5.18. The normalized spacial score (nSPS) is 13.3. The van der Waals surface area contributed by atoms with E-state index >= 15 is 0 Å². The van der Waals surface area contributed by atoms with Crippen LogP contribution in [0, 0.1) is 5.21 Å². The van der Waals surface area contributed by atoms with Gasteiger partial charge in [0.05, 0.1) is 6.20 Å². The van der Waals surface area contributed by atoms with Crippen LogP contribution < -0.4 is 4.73 Å². The van der Waals surface area contributed by atoms with Crippen molar-refractivity contribution in [1.29, 1.82) is 0 Å². The summed E-state index contributed by atoms with van der Waals surface area (Å²) in [7, 11) is 1.85. The minimum absolute atomic E-state index is 0.387. The van der Waals surface area contributed by atoms with Gasteiger partial charge in [0.25, 0.3) is 0 Å². The van der Waals surface area contributed by atoms with Crippen molar-refractivity contribution >= 4 is 10.9 Å². The van der Waals surface area contributed by atoms with Gasteiger partial charge < -0.3 is 5.21 Å². The third-order valence-electron chi connectivity index (χ3n) is 2.95. The number of hydrogen-bond donors (Lipinski definition) is 0. The maximum absolute atomic E-state index is 11.5. The lowest BCUT2D eigenvalue weighted by molar-refractivity contribution is -0.604. The Balaban J connectivity index is 2.72. The van der Waals surface area contributed by atoms with Crippen LogP contribution in [-0.2, 0) is 7.05 Å². The average molecular weight is 205 g/mol. The van der Waals surface area contributed by atoms with E-state index < -0.39 is 0 Å². The van der Waals surface area contributed by atoms with E-state index in [0.717, 1.165) is 27.6 Å². The Hall–Kier alpha value is -1.58. The highest BCUT2D eigenvalue weighted by atomic mass is 16.5. The number of aryl methyl sites for hydroxylation is 1. The van der Waals surface area contributed by atoms with E-state index in [2.05, 4.69) is 18.9 Å². The number of hydrogen-bond acceptors (Lipinski definition) is 2. The van der Waals surface area contributed by atoms with Crippen molar-refractivity contribution < 1.29 is 4.73 Å². The fourth-order valence-corrected chi connectivity index (χ4v) is 1.80. The van der Waals surface area contributed by atoms with Crippen LogP contribution in [0.5, 0.6) is 0 Å². The summed E-state index contributed by atoms with van der Waals surface area (Å²) in [5.74, 6) is 0.387. The molecule has 0 fully saturated rings. The summed E-state index contributed by atoms with van der Waals surface area (Å²) < 4.78 is 2.60. The summed E-state index contributed by atoms with van der Waals surface area (Å²) in [4.78, 5) is 0. The van der Waals surface area contributed by atoms with Crippen molar-refractivity contribution in [3.05, 3.63) is 29.4 Å². The Kier molecular flexibility index (Phi) is 2.34. The van der Waals surface area contributed by atoms with Crippen molar-refractivity contribution in [3.8, 4) is 0 Å². The zero-order valence-electron chi connectivity index (χ0n) is 9.27. The minimum Gasteiger partial charge on any atom is -0.619 e. The first-order chi connectivity index (χ1) is 7.13. The van der Waals surface area contributed by atoms with Gasteiger partial charge in [0.2, 0.25) is 6.20 Å². The van der Waals surface area contributed by atoms with Crippen LogP contribution in [0.4, 0.5) is 0 Å². The van der Waals surface area contributed by atoms with Crippen LogP contribution in [0.15, 0.2) is 18.6 Å². The zero-order valence-corrected chi connectivity index (χ0v) is 9.27. The van der Waals surface area contributed by atoms with Crippen molar-refractivity contribution in [2.24, 2.45) is 7.05 Å². The highest BCUT2D eigenvalue weighted by Gasteiger charge is 2.14. The lowest BCUT2D eigenvalue weighted by Crippen LogP contribution is -2.26. The maximum Gasteiger partial charge on any atom is 0.206 e.